The largest absolute Gasteiger partial charge is 0.399 e. The monoisotopic (exact) mass is 309 g/mol. The molecule has 5 nitrogen and oxygen atoms in total. The number of hydrogen-bond acceptors (Lipinski definition) is 4. The van der Waals surface area contributed by atoms with Crippen molar-refractivity contribution in [2.24, 2.45) is 0 Å². The highest BCUT2D eigenvalue weighted by Gasteiger charge is 2.32. The van der Waals surface area contributed by atoms with Crippen LogP contribution in [0.3, 0.4) is 0 Å². The molecule has 0 saturated carbocycles. The average molecular weight is 310 g/mol. The molecule has 3 rings (SSSR count). The van der Waals surface area contributed by atoms with E-state index in [1.807, 2.05) is 0 Å². The van der Waals surface area contributed by atoms with E-state index in [4.69, 9.17) is 22.1 Å². The van der Waals surface area contributed by atoms with Gasteiger partial charge < -0.3 is 15.8 Å². The zero-order valence-corrected chi connectivity index (χ0v) is 12.6. The summed E-state index contributed by atoms with van der Waals surface area (Å²) in [7, 11) is 0. The van der Waals surface area contributed by atoms with Crippen molar-refractivity contribution < 1.29 is 9.53 Å². The minimum absolute atomic E-state index is 0.0554. The number of nitrogens with one attached hydrogen (secondary N) is 1. The normalized spacial score (nSPS) is 25.6. The van der Waals surface area contributed by atoms with Crippen molar-refractivity contribution in [3.05, 3.63) is 28.8 Å². The number of benzene rings is 1. The highest BCUT2D eigenvalue weighted by atomic mass is 35.5. The summed E-state index contributed by atoms with van der Waals surface area (Å²) in [5, 5.41) is 3.36. The third-order valence-corrected chi connectivity index (χ3v) is 4.35. The lowest BCUT2D eigenvalue weighted by Crippen LogP contribution is -2.50. The van der Waals surface area contributed by atoms with E-state index >= 15 is 0 Å². The standard InChI is InChI=1S/C15H20ClN3O2/c16-11-4-10(5-12(17)6-11)15(20)18-7-14-8-19-3-1-2-13(19)9-21-14/h4-6,13-14H,1-3,7-9,17H2,(H,18,20). The van der Waals surface area contributed by atoms with E-state index in [1.165, 1.54) is 12.8 Å². The lowest BCUT2D eigenvalue weighted by atomic mass is 10.1. The molecule has 2 heterocycles. The van der Waals surface area contributed by atoms with Crippen LogP contribution in [-0.4, -0.2) is 49.2 Å². The van der Waals surface area contributed by atoms with Crippen LogP contribution in [0.1, 0.15) is 23.2 Å². The number of hydrogen-bond donors (Lipinski definition) is 2. The first-order chi connectivity index (χ1) is 10.1. The first kappa shape index (κ1) is 14.6. The van der Waals surface area contributed by atoms with Crippen molar-refractivity contribution in [1.82, 2.24) is 10.2 Å². The van der Waals surface area contributed by atoms with Crippen molar-refractivity contribution in [1.29, 1.82) is 0 Å². The predicted octanol–water partition coefficient (Wildman–Crippen LogP) is 1.52. The van der Waals surface area contributed by atoms with E-state index in [0.29, 0.717) is 28.9 Å². The second-order valence-corrected chi connectivity index (χ2v) is 6.17. The summed E-state index contributed by atoms with van der Waals surface area (Å²) in [6.07, 6.45) is 2.52. The molecule has 21 heavy (non-hydrogen) atoms. The number of nitrogens with zero attached hydrogens (tertiary/aromatic N) is 1. The molecule has 1 amide bonds. The Morgan fingerprint density at radius 3 is 3.14 bits per heavy atom. The maximum Gasteiger partial charge on any atom is 0.251 e. The van der Waals surface area contributed by atoms with Crippen molar-refractivity contribution in [3.8, 4) is 0 Å². The Bertz CT molecular complexity index is 517. The Morgan fingerprint density at radius 2 is 2.33 bits per heavy atom. The Kier molecular flexibility index (Phi) is 4.33. The topological polar surface area (TPSA) is 67.6 Å². The molecule has 0 spiro atoms. The summed E-state index contributed by atoms with van der Waals surface area (Å²) >= 11 is 5.91. The fourth-order valence-electron chi connectivity index (χ4n) is 3.06. The van der Waals surface area contributed by atoms with Gasteiger partial charge in [0.25, 0.3) is 5.91 Å². The van der Waals surface area contributed by atoms with Crippen molar-refractivity contribution >= 4 is 23.2 Å². The van der Waals surface area contributed by atoms with Gasteiger partial charge in [0.05, 0.1) is 12.7 Å². The van der Waals surface area contributed by atoms with Gasteiger partial charge in [0.2, 0.25) is 0 Å². The Hall–Kier alpha value is -1.30. The molecule has 2 unspecified atom stereocenters. The van der Waals surface area contributed by atoms with Crippen LogP contribution in [0.4, 0.5) is 5.69 Å². The van der Waals surface area contributed by atoms with Gasteiger partial charge in [-0.15, -0.1) is 0 Å². The quantitative estimate of drug-likeness (QED) is 0.831. The molecule has 1 aromatic carbocycles. The van der Waals surface area contributed by atoms with Crippen LogP contribution < -0.4 is 11.1 Å². The van der Waals surface area contributed by atoms with E-state index in [0.717, 1.165) is 19.7 Å². The number of halogens is 1. The number of morpholine rings is 1. The number of carbonyl (C=O) groups excluding carboxylic acids is 1. The number of fused-ring (bicyclic) bond motifs is 1. The molecular formula is C15H20ClN3O2. The zero-order chi connectivity index (χ0) is 14.8. The van der Waals surface area contributed by atoms with Crippen LogP contribution in [0, 0.1) is 0 Å². The van der Waals surface area contributed by atoms with Crippen LogP contribution in [0.25, 0.3) is 0 Å². The lowest BCUT2D eigenvalue weighted by molar-refractivity contribution is -0.0461. The van der Waals surface area contributed by atoms with E-state index in [-0.39, 0.29) is 12.0 Å². The summed E-state index contributed by atoms with van der Waals surface area (Å²) in [4.78, 5) is 14.6. The van der Waals surface area contributed by atoms with Crippen LogP contribution in [0.2, 0.25) is 5.02 Å². The summed E-state index contributed by atoms with van der Waals surface area (Å²) in [5.74, 6) is -0.170. The number of ether oxygens (including phenoxy) is 1. The SMILES string of the molecule is Nc1cc(Cl)cc(C(=O)NCC2CN3CCCC3CO2)c1. The fraction of sp³-hybridized carbons (Fsp3) is 0.533. The minimum Gasteiger partial charge on any atom is -0.399 e. The van der Waals surface area contributed by atoms with E-state index in [9.17, 15) is 4.79 Å². The van der Waals surface area contributed by atoms with Gasteiger partial charge in [-0.3, -0.25) is 9.69 Å². The van der Waals surface area contributed by atoms with Crippen LogP contribution in [0.15, 0.2) is 18.2 Å². The second-order valence-electron chi connectivity index (χ2n) is 5.73. The number of nitrogens with two attached hydrogens (primary N) is 1. The molecule has 0 radical (unpaired) electrons. The third kappa shape index (κ3) is 3.48. The zero-order valence-electron chi connectivity index (χ0n) is 11.8. The molecule has 6 heteroatoms. The number of rotatable bonds is 3. The number of nitrogen functional groups attached to an aromatic ring is 1. The van der Waals surface area contributed by atoms with Gasteiger partial charge in [-0.05, 0) is 37.6 Å². The average Bonchev–Trinajstić information content (AvgIpc) is 2.91. The van der Waals surface area contributed by atoms with Crippen LogP contribution in [-0.2, 0) is 4.74 Å². The maximum atomic E-state index is 12.1. The third-order valence-electron chi connectivity index (χ3n) is 4.13. The molecule has 2 atom stereocenters. The number of amides is 1. The molecule has 0 aliphatic carbocycles. The lowest BCUT2D eigenvalue weighted by Gasteiger charge is -2.35. The van der Waals surface area contributed by atoms with E-state index in [2.05, 4.69) is 10.2 Å². The van der Waals surface area contributed by atoms with E-state index < -0.39 is 0 Å². The molecule has 2 aliphatic rings. The summed E-state index contributed by atoms with van der Waals surface area (Å²) < 4.78 is 5.82. The highest BCUT2D eigenvalue weighted by molar-refractivity contribution is 6.31. The first-order valence-electron chi connectivity index (χ1n) is 7.32. The van der Waals surface area contributed by atoms with Gasteiger partial charge in [0, 0.05) is 35.4 Å². The van der Waals surface area contributed by atoms with Crippen molar-refractivity contribution in [2.45, 2.75) is 25.0 Å². The smallest absolute Gasteiger partial charge is 0.251 e. The van der Waals surface area contributed by atoms with Crippen molar-refractivity contribution in [2.75, 3.05) is 32.0 Å². The Labute approximate surface area is 129 Å². The van der Waals surface area contributed by atoms with Crippen molar-refractivity contribution in [3.63, 3.8) is 0 Å². The molecule has 2 aliphatic heterocycles. The molecule has 0 aromatic heterocycles. The Balaban J connectivity index is 1.53. The molecule has 2 fully saturated rings. The van der Waals surface area contributed by atoms with Crippen LogP contribution in [0.5, 0.6) is 0 Å². The molecular weight excluding hydrogens is 290 g/mol. The molecule has 2 saturated heterocycles. The van der Waals surface area contributed by atoms with Gasteiger partial charge in [-0.1, -0.05) is 11.6 Å². The summed E-state index contributed by atoms with van der Waals surface area (Å²) in [6, 6.07) is 5.44. The second kappa shape index (κ2) is 6.22. The van der Waals surface area contributed by atoms with Gasteiger partial charge in [-0.2, -0.15) is 0 Å². The molecule has 1 aromatic rings. The fourth-order valence-corrected chi connectivity index (χ4v) is 3.30. The number of carbonyl (C=O) groups is 1. The number of anilines is 1. The van der Waals surface area contributed by atoms with Gasteiger partial charge in [0.15, 0.2) is 0 Å². The minimum atomic E-state index is -0.170. The highest BCUT2D eigenvalue weighted by Crippen LogP contribution is 2.22. The molecule has 114 valence electrons. The van der Waals surface area contributed by atoms with Gasteiger partial charge >= 0.3 is 0 Å². The van der Waals surface area contributed by atoms with E-state index in [1.54, 1.807) is 18.2 Å². The van der Waals surface area contributed by atoms with Gasteiger partial charge in [-0.25, -0.2) is 0 Å². The maximum absolute atomic E-state index is 12.1. The predicted molar refractivity (Wildman–Crippen MR) is 82.5 cm³/mol. The van der Waals surface area contributed by atoms with Gasteiger partial charge in [0.1, 0.15) is 0 Å². The Morgan fingerprint density at radius 1 is 1.48 bits per heavy atom. The molecule has 0 bridgehead atoms. The first-order valence-corrected chi connectivity index (χ1v) is 7.69. The summed E-state index contributed by atoms with van der Waals surface area (Å²) in [5.41, 5.74) is 6.67. The summed E-state index contributed by atoms with van der Waals surface area (Å²) in [6.45, 7) is 3.31. The van der Waals surface area contributed by atoms with Crippen LogP contribution >= 0.6 is 11.6 Å². The molecule has 3 N–H and O–H groups in total.